The fourth-order valence-corrected chi connectivity index (χ4v) is 10.9. The van der Waals surface area contributed by atoms with Crippen molar-refractivity contribution in [2.45, 2.75) is 94.2 Å². The van der Waals surface area contributed by atoms with Gasteiger partial charge in [-0.3, -0.25) is 9.69 Å². The number of ether oxygens (including phenoxy) is 1. The van der Waals surface area contributed by atoms with Gasteiger partial charge in [0.2, 0.25) is 0 Å². The van der Waals surface area contributed by atoms with Crippen LogP contribution in [0.3, 0.4) is 0 Å². The quantitative estimate of drug-likeness (QED) is 0.0796. The molecule has 0 unspecified atom stereocenters. The fourth-order valence-electron chi connectivity index (χ4n) is 9.88. The number of aromatic amines is 1. The second-order valence-electron chi connectivity index (χ2n) is 17.5. The third-order valence-electron chi connectivity index (χ3n) is 13.3. The summed E-state index contributed by atoms with van der Waals surface area (Å²) in [6, 6.07) is 19.8. The first-order valence-electron chi connectivity index (χ1n) is 21.0. The van der Waals surface area contributed by atoms with Gasteiger partial charge in [0.25, 0.3) is 15.9 Å². The summed E-state index contributed by atoms with van der Waals surface area (Å²) in [5.41, 5.74) is 11.0. The van der Waals surface area contributed by atoms with Crippen molar-refractivity contribution in [2.24, 2.45) is 11.3 Å². The normalized spacial score (nSPS) is 22.0. The molecule has 6 N–H and O–H groups in total. The summed E-state index contributed by atoms with van der Waals surface area (Å²) in [7, 11) is -4.32. The number of carbonyl (C=O) groups is 1. The number of H-pyrrole nitrogens is 1. The minimum Gasteiger partial charge on any atom is -0.455 e. The molecular formula is C45H54N8O5S. The maximum atomic E-state index is 13.8. The van der Waals surface area contributed by atoms with E-state index >= 15 is 0 Å². The van der Waals surface area contributed by atoms with Crippen LogP contribution in [0.15, 0.2) is 84.1 Å². The molecule has 13 nitrogen and oxygen atoms in total. The Morgan fingerprint density at radius 2 is 1.83 bits per heavy atom. The summed E-state index contributed by atoms with van der Waals surface area (Å²) in [4.78, 5) is 30.9. The van der Waals surface area contributed by atoms with Crippen molar-refractivity contribution >= 4 is 44.2 Å². The molecule has 1 atom stereocenters. The minimum absolute atomic E-state index is 0.0324. The number of hydrogen-bond donors (Lipinski definition) is 5. The van der Waals surface area contributed by atoms with E-state index < -0.39 is 15.9 Å². The van der Waals surface area contributed by atoms with Gasteiger partial charge in [-0.15, -0.1) is 0 Å². The van der Waals surface area contributed by atoms with Gasteiger partial charge in [-0.1, -0.05) is 38.1 Å². The molecule has 1 spiro atoms. The first-order valence-corrected chi connectivity index (χ1v) is 22.5. The maximum Gasteiger partial charge on any atom is 0.270 e. The van der Waals surface area contributed by atoms with Gasteiger partial charge in [-0.05, 0) is 117 Å². The highest BCUT2D eigenvalue weighted by Crippen LogP contribution is 2.54. The number of nitrogens with two attached hydrogens (primary N) is 1. The monoisotopic (exact) mass is 818 g/mol. The zero-order valence-corrected chi connectivity index (χ0v) is 34.5. The van der Waals surface area contributed by atoms with Gasteiger partial charge in [0.05, 0.1) is 28.6 Å². The lowest BCUT2D eigenvalue weighted by atomic mass is 9.60. The van der Waals surface area contributed by atoms with E-state index in [0.717, 1.165) is 50.7 Å². The van der Waals surface area contributed by atoms with Crippen molar-refractivity contribution < 1.29 is 23.1 Å². The molecule has 14 heteroatoms. The third kappa shape index (κ3) is 7.97. The molecule has 2 saturated heterocycles. The fraction of sp³-hybridized carbons (Fsp3) is 0.444. The molecule has 2 saturated carbocycles. The van der Waals surface area contributed by atoms with Crippen LogP contribution in [0.4, 0.5) is 17.2 Å². The van der Waals surface area contributed by atoms with E-state index in [9.17, 15) is 18.3 Å². The zero-order valence-electron chi connectivity index (χ0n) is 33.7. The molecule has 4 fully saturated rings. The number of rotatable bonds is 12. The average Bonchev–Trinajstić information content (AvgIpc) is 3.88. The van der Waals surface area contributed by atoms with Crippen LogP contribution in [0.25, 0.3) is 11.0 Å². The smallest absolute Gasteiger partial charge is 0.270 e. The summed E-state index contributed by atoms with van der Waals surface area (Å²) >= 11 is 0. The van der Waals surface area contributed by atoms with Crippen LogP contribution in [0.5, 0.6) is 11.5 Å². The van der Waals surface area contributed by atoms with Crippen LogP contribution in [0.1, 0.15) is 98.7 Å². The van der Waals surface area contributed by atoms with Crippen LogP contribution >= 0.6 is 0 Å². The van der Waals surface area contributed by atoms with E-state index in [1.54, 1.807) is 24.5 Å². The van der Waals surface area contributed by atoms with Crippen molar-refractivity contribution in [3.05, 3.63) is 95.9 Å². The molecule has 5 heterocycles. The van der Waals surface area contributed by atoms with Gasteiger partial charge in [-0.2, -0.15) is 0 Å². The van der Waals surface area contributed by atoms with Crippen molar-refractivity contribution in [1.29, 1.82) is 0 Å². The number of fused-ring (bicyclic) bond motifs is 1. The number of nitrogens with one attached hydrogen (secondary N) is 3. The lowest BCUT2D eigenvalue weighted by molar-refractivity contribution is -0.0228. The summed E-state index contributed by atoms with van der Waals surface area (Å²) in [6.07, 6.45) is 12.9. The summed E-state index contributed by atoms with van der Waals surface area (Å²) in [5.74, 6) is 1.19. The van der Waals surface area contributed by atoms with Gasteiger partial charge < -0.3 is 30.8 Å². The number of sulfonamides is 1. The van der Waals surface area contributed by atoms with Crippen molar-refractivity contribution in [1.82, 2.24) is 24.6 Å². The Kier molecular flexibility index (Phi) is 10.5. The van der Waals surface area contributed by atoms with Gasteiger partial charge in [0.1, 0.15) is 28.5 Å². The SMILES string of the molecule is CC(C)c1ccccc1[C@@H]1CCCN1C1CC2(CCN(c3cc(Oc4cnc5[nH]ccc5c4)c(C(=O)NS(=O)(=O)c4ccc(NCC5CC(O)C5)c(N)c4)cn3)CC2)C1. The van der Waals surface area contributed by atoms with Crippen molar-refractivity contribution in [3.8, 4) is 11.5 Å². The molecule has 2 aromatic carbocycles. The number of benzene rings is 2. The average molecular weight is 819 g/mol. The Balaban J connectivity index is 0.891. The Hall–Kier alpha value is -5.18. The number of nitrogens with zero attached hydrogens (tertiary/aromatic N) is 4. The van der Waals surface area contributed by atoms with Crippen LogP contribution in [0.2, 0.25) is 0 Å². The Labute approximate surface area is 345 Å². The van der Waals surface area contributed by atoms with E-state index in [0.29, 0.717) is 58.8 Å². The van der Waals surface area contributed by atoms with E-state index in [1.807, 2.05) is 12.1 Å². The molecule has 0 bridgehead atoms. The van der Waals surface area contributed by atoms with Crippen LogP contribution in [0, 0.1) is 11.3 Å². The number of aliphatic hydroxyl groups is 1. The van der Waals surface area contributed by atoms with E-state index in [1.165, 1.54) is 55.1 Å². The second-order valence-corrected chi connectivity index (χ2v) is 19.2. The first-order chi connectivity index (χ1) is 28.4. The number of pyridine rings is 2. The summed E-state index contributed by atoms with van der Waals surface area (Å²) < 4.78 is 35.6. The molecule has 5 aromatic rings. The molecule has 0 radical (unpaired) electrons. The lowest BCUT2D eigenvalue weighted by Gasteiger charge is -2.56. The zero-order chi connectivity index (χ0) is 40.9. The van der Waals surface area contributed by atoms with Crippen LogP contribution in [-0.2, 0) is 10.0 Å². The minimum atomic E-state index is -4.32. The standard InChI is InChI=1S/C45H54N8O5S/c1-28(2)35-6-3-4-7-36(35)40-8-5-15-53(40)31-23-45(24-31)12-16-52(17-13-45)42-22-41(58-33-20-30-11-14-47-43(30)50-26-33)37(27-49-42)44(55)51-59(56,57)34-9-10-39(38(46)21-34)48-25-29-18-32(54)19-29/h3-4,6-7,9-11,14,20-22,26-29,31-32,40,48,54H,5,8,12-13,15-19,23-25,46H2,1-2H3,(H,47,50)(H,51,55)/t29?,32?,40-/m0/s1. The predicted octanol–water partition coefficient (Wildman–Crippen LogP) is 7.34. The number of piperidine rings is 1. The first kappa shape index (κ1) is 39.3. The van der Waals surface area contributed by atoms with Gasteiger partial charge >= 0.3 is 0 Å². The highest BCUT2D eigenvalue weighted by molar-refractivity contribution is 7.90. The molecule has 310 valence electrons. The third-order valence-corrected chi connectivity index (χ3v) is 14.6. The number of hydrogen-bond acceptors (Lipinski definition) is 11. The van der Waals surface area contributed by atoms with E-state index in [-0.39, 0.29) is 28.0 Å². The van der Waals surface area contributed by atoms with Crippen molar-refractivity contribution in [2.75, 3.05) is 42.1 Å². The Bertz CT molecular complexity index is 2450. The molecule has 2 aliphatic heterocycles. The maximum absolute atomic E-state index is 13.8. The number of nitrogen functional groups attached to an aromatic ring is 1. The van der Waals surface area contributed by atoms with Gasteiger partial charge in [0, 0.05) is 55.6 Å². The number of amides is 1. The van der Waals surface area contributed by atoms with Crippen molar-refractivity contribution in [3.63, 3.8) is 0 Å². The molecule has 2 aliphatic carbocycles. The van der Waals surface area contributed by atoms with E-state index in [4.69, 9.17) is 15.5 Å². The van der Waals surface area contributed by atoms with Crippen LogP contribution < -0.4 is 25.4 Å². The second kappa shape index (κ2) is 15.8. The van der Waals surface area contributed by atoms with Gasteiger partial charge in [0.15, 0.2) is 0 Å². The molecule has 9 rings (SSSR count). The van der Waals surface area contributed by atoms with E-state index in [2.05, 4.69) is 67.9 Å². The number of aromatic nitrogens is 3. The highest BCUT2D eigenvalue weighted by Gasteiger charge is 2.50. The summed E-state index contributed by atoms with van der Waals surface area (Å²) in [5, 5.41) is 13.6. The highest BCUT2D eigenvalue weighted by atomic mass is 32.2. The summed E-state index contributed by atoms with van der Waals surface area (Å²) in [6.45, 7) is 8.02. The van der Waals surface area contributed by atoms with Crippen LogP contribution in [-0.4, -0.2) is 77.6 Å². The molecule has 59 heavy (non-hydrogen) atoms. The molecule has 4 aliphatic rings. The topological polar surface area (TPSA) is 179 Å². The Morgan fingerprint density at radius 1 is 1.03 bits per heavy atom. The number of anilines is 3. The number of aliphatic hydroxyl groups excluding tert-OH is 1. The Morgan fingerprint density at radius 3 is 2.59 bits per heavy atom. The van der Waals surface area contributed by atoms with Gasteiger partial charge in [-0.25, -0.2) is 23.1 Å². The molecule has 3 aromatic heterocycles. The number of carbonyl (C=O) groups excluding carboxylic acids is 1. The predicted molar refractivity (Wildman–Crippen MR) is 229 cm³/mol. The largest absolute Gasteiger partial charge is 0.455 e. The lowest BCUT2D eigenvalue weighted by Crippen LogP contribution is -2.55. The number of likely N-dealkylation sites (tertiary alicyclic amines) is 1. The molecular weight excluding hydrogens is 765 g/mol. The molecule has 1 amide bonds.